The van der Waals surface area contributed by atoms with E-state index in [2.05, 4.69) is 5.32 Å². The largest absolute Gasteiger partial charge is 0.478 e. The summed E-state index contributed by atoms with van der Waals surface area (Å²) in [4.78, 5) is 11.1. The molecule has 0 aliphatic rings. The molecular formula is C16H16ClNO2. The van der Waals surface area contributed by atoms with Crippen molar-refractivity contribution >= 4 is 17.6 Å². The number of hydrogen-bond donors (Lipinski definition) is 2. The Morgan fingerprint density at radius 3 is 2.70 bits per heavy atom. The minimum atomic E-state index is -0.905. The fourth-order valence-electron chi connectivity index (χ4n) is 2.04. The molecule has 2 aromatic carbocycles. The van der Waals surface area contributed by atoms with Gasteiger partial charge in [-0.15, -0.1) is 0 Å². The van der Waals surface area contributed by atoms with Gasteiger partial charge in [0.15, 0.2) is 0 Å². The lowest BCUT2D eigenvalue weighted by Gasteiger charge is -2.15. The molecule has 0 aliphatic carbocycles. The van der Waals surface area contributed by atoms with E-state index in [9.17, 15) is 4.79 Å². The molecule has 0 amide bonds. The lowest BCUT2D eigenvalue weighted by Crippen LogP contribution is -2.19. The van der Waals surface area contributed by atoms with Crippen LogP contribution in [0.5, 0.6) is 0 Å². The fraction of sp³-hybridized carbons (Fsp3) is 0.188. The van der Waals surface area contributed by atoms with E-state index in [-0.39, 0.29) is 6.04 Å². The van der Waals surface area contributed by atoms with Gasteiger partial charge in [0.1, 0.15) is 0 Å². The summed E-state index contributed by atoms with van der Waals surface area (Å²) in [5, 5.41) is 13.2. The summed E-state index contributed by atoms with van der Waals surface area (Å²) >= 11 is 5.97. The highest BCUT2D eigenvalue weighted by Crippen LogP contribution is 2.18. The van der Waals surface area contributed by atoms with Crippen molar-refractivity contribution in [2.24, 2.45) is 0 Å². The zero-order valence-corrected chi connectivity index (χ0v) is 11.9. The maximum Gasteiger partial charge on any atom is 0.336 e. The smallest absolute Gasteiger partial charge is 0.336 e. The van der Waals surface area contributed by atoms with Crippen LogP contribution in [0.1, 0.15) is 34.5 Å². The Bertz CT molecular complexity index is 613. The Hall–Kier alpha value is -1.84. The summed E-state index contributed by atoms with van der Waals surface area (Å²) in [5.41, 5.74) is 2.18. The standard InChI is InChI=1S/C16H16ClNO2/c1-11(12-6-4-7-14(17)9-12)18-10-13-5-2-3-8-15(13)16(19)20/h2-9,11,18H,10H2,1H3,(H,19,20). The molecule has 0 bridgehead atoms. The molecule has 0 heterocycles. The number of rotatable bonds is 5. The van der Waals surface area contributed by atoms with Crippen molar-refractivity contribution in [3.8, 4) is 0 Å². The number of carbonyl (C=O) groups is 1. The third kappa shape index (κ3) is 3.59. The second kappa shape index (κ2) is 6.55. The van der Waals surface area contributed by atoms with Gasteiger partial charge in [0, 0.05) is 17.6 Å². The molecule has 4 heteroatoms. The van der Waals surface area contributed by atoms with E-state index in [1.807, 2.05) is 43.3 Å². The zero-order valence-electron chi connectivity index (χ0n) is 11.1. The SMILES string of the molecule is CC(NCc1ccccc1C(=O)O)c1cccc(Cl)c1. The molecule has 3 nitrogen and oxygen atoms in total. The number of carboxylic acid groups (broad SMARTS) is 1. The highest BCUT2D eigenvalue weighted by molar-refractivity contribution is 6.30. The van der Waals surface area contributed by atoms with Crippen LogP contribution in [0.25, 0.3) is 0 Å². The van der Waals surface area contributed by atoms with Crippen LogP contribution in [0.3, 0.4) is 0 Å². The third-order valence-electron chi connectivity index (χ3n) is 3.20. The van der Waals surface area contributed by atoms with Crippen molar-refractivity contribution in [1.29, 1.82) is 0 Å². The molecule has 0 saturated heterocycles. The van der Waals surface area contributed by atoms with Crippen LogP contribution in [0, 0.1) is 0 Å². The van der Waals surface area contributed by atoms with Crippen LogP contribution in [0.2, 0.25) is 5.02 Å². The van der Waals surface area contributed by atoms with Crippen molar-refractivity contribution in [2.45, 2.75) is 19.5 Å². The third-order valence-corrected chi connectivity index (χ3v) is 3.43. The minimum Gasteiger partial charge on any atom is -0.478 e. The van der Waals surface area contributed by atoms with E-state index in [1.54, 1.807) is 12.1 Å². The van der Waals surface area contributed by atoms with Gasteiger partial charge in [-0.1, -0.05) is 41.9 Å². The molecule has 104 valence electrons. The Kier molecular flexibility index (Phi) is 4.77. The molecule has 2 rings (SSSR count). The fourth-order valence-corrected chi connectivity index (χ4v) is 2.24. The molecular weight excluding hydrogens is 274 g/mol. The molecule has 1 unspecified atom stereocenters. The first-order chi connectivity index (χ1) is 9.58. The predicted octanol–water partition coefficient (Wildman–Crippen LogP) is 3.89. The highest BCUT2D eigenvalue weighted by Gasteiger charge is 2.10. The minimum absolute atomic E-state index is 0.0931. The van der Waals surface area contributed by atoms with E-state index in [1.165, 1.54) is 0 Å². The van der Waals surface area contributed by atoms with Crippen LogP contribution < -0.4 is 5.32 Å². The molecule has 2 N–H and O–H groups in total. The molecule has 0 saturated carbocycles. The van der Waals surface area contributed by atoms with E-state index >= 15 is 0 Å². The second-order valence-electron chi connectivity index (χ2n) is 4.62. The Balaban J connectivity index is 2.07. The van der Waals surface area contributed by atoms with Crippen molar-refractivity contribution < 1.29 is 9.90 Å². The van der Waals surface area contributed by atoms with Gasteiger partial charge in [-0.05, 0) is 36.2 Å². The van der Waals surface area contributed by atoms with E-state index in [4.69, 9.17) is 16.7 Å². The Morgan fingerprint density at radius 1 is 1.25 bits per heavy atom. The maximum atomic E-state index is 11.1. The van der Waals surface area contributed by atoms with Crippen molar-refractivity contribution in [1.82, 2.24) is 5.32 Å². The van der Waals surface area contributed by atoms with Gasteiger partial charge in [0.25, 0.3) is 0 Å². The van der Waals surface area contributed by atoms with Gasteiger partial charge in [0.2, 0.25) is 0 Å². The van der Waals surface area contributed by atoms with E-state index in [0.29, 0.717) is 17.1 Å². The molecule has 20 heavy (non-hydrogen) atoms. The summed E-state index contributed by atoms with van der Waals surface area (Å²) in [7, 11) is 0. The van der Waals surface area contributed by atoms with Crippen LogP contribution in [-0.4, -0.2) is 11.1 Å². The molecule has 2 aromatic rings. The number of carboxylic acids is 1. The van der Waals surface area contributed by atoms with Crippen molar-refractivity contribution in [2.75, 3.05) is 0 Å². The molecule has 1 atom stereocenters. The normalized spacial score (nSPS) is 12.1. The quantitative estimate of drug-likeness (QED) is 0.878. The van der Waals surface area contributed by atoms with Gasteiger partial charge in [0.05, 0.1) is 5.56 Å². The topological polar surface area (TPSA) is 49.3 Å². The number of nitrogens with one attached hydrogen (secondary N) is 1. The number of benzene rings is 2. The Labute approximate surface area is 123 Å². The summed E-state index contributed by atoms with van der Waals surface area (Å²) in [6.45, 7) is 2.52. The van der Waals surface area contributed by atoms with Gasteiger partial charge in [-0.3, -0.25) is 0 Å². The summed E-state index contributed by atoms with van der Waals surface area (Å²) in [5.74, 6) is -0.905. The maximum absolute atomic E-state index is 11.1. The van der Waals surface area contributed by atoms with E-state index in [0.717, 1.165) is 11.1 Å². The number of aromatic carboxylic acids is 1. The number of hydrogen-bond acceptors (Lipinski definition) is 2. The van der Waals surface area contributed by atoms with Gasteiger partial charge in [-0.25, -0.2) is 4.79 Å². The Morgan fingerprint density at radius 2 is 2.00 bits per heavy atom. The summed E-state index contributed by atoms with van der Waals surface area (Å²) in [6.07, 6.45) is 0. The zero-order chi connectivity index (χ0) is 14.5. The first-order valence-electron chi connectivity index (χ1n) is 6.38. The van der Waals surface area contributed by atoms with Crippen molar-refractivity contribution in [3.63, 3.8) is 0 Å². The first kappa shape index (κ1) is 14.6. The van der Waals surface area contributed by atoms with Gasteiger partial charge in [-0.2, -0.15) is 0 Å². The van der Waals surface area contributed by atoms with Crippen molar-refractivity contribution in [3.05, 3.63) is 70.2 Å². The first-order valence-corrected chi connectivity index (χ1v) is 6.76. The molecule has 0 radical (unpaired) electrons. The highest BCUT2D eigenvalue weighted by atomic mass is 35.5. The van der Waals surface area contributed by atoms with Crippen LogP contribution in [-0.2, 0) is 6.54 Å². The molecule has 0 aromatic heterocycles. The molecule has 0 spiro atoms. The average molecular weight is 290 g/mol. The lowest BCUT2D eigenvalue weighted by molar-refractivity contribution is 0.0695. The van der Waals surface area contributed by atoms with Crippen LogP contribution in [0.4, 0.5) is 0 Å². The van der Waals surface area contributed by atoms with Gasteiger partial charge < -0.3 is 10.4 Å². The van der Waals surface area contributed by atoms with E-state index < -0.39 is 5.97 Å². The summed E-state index contributed by atoms with van der Waals surface area (Å²) < 4.78 is 0. The molecule has 0 aliphatic heterocycles. The number of halogens is 1. The molecule has 0 fully saturated rings. The van der Waals surface area contributed by atoms with Crippen LogP contribution in [0.15, 0.2) is 48.5 Å². The summed E-state index contributed by atoms with van der Waals surface area (Å²) in [6, 6.07) is 14.7. The monoisotopic (exact) mass is 289 g/mol. The van der Waals surface area contributed by atoms with Crippen LogP contribution >= 0.6 is 11.6 Å². The van der Waals surface area contributed by atoms with Gasteiger partial charge >= 0.3 is 5.97 Å². The predicted molar refractivity (Wildman–Crippen MR) is 80.1 cm³/mol. The average Bonchev–Trinajstić information content (AvgIpc) is 2.45. The second-order valence-corrected chi connectivity index (χ2v) is 5.06. The lowest BCUT2D eigenvalue weighted by atomic mass is 10.1.